The Kier molecular flexibility index (Phi) is 7.46. The van der Waals surface area contributed by atoms with E-state index < -0.39 is 0 Å². The number of anilines is 6. The van der Waals surface area contributed by atoms with Crippen molar-refractivity contribution in [3.8, 4) is 44.9 Å². The van der Waals surface area contributed by atoms with Gasteiger partial charge in [0.05, 0.1) is 22.7 Å². The molecule has 3 nitrogen and oxygen atoms in total. The molecule has 0 unspecified atom stereocenters. The van der Waals surface area contributed by atoms with Gasteiger partial charge in [0.1, 0.15) is 0 Å². The maximum absolute atomic E-state index is 6.53. The summed E-state index contributed by atoms with van der Waals surface area (Å²) in [4.78, 5) is 4.87. The number of aryl methyl sites for hydroxylation is 1. The van der Waals surface area contributed by atoms with E-state index in [2.05, 4.69) is 220 Å². The van der Waals surface area contributed by atoms with Gasteiger partial charge in [0, 0.05) is 27.8 Å². The summed E-state index contributed by atoms with van der Waals surface area (Å²) in [6.07, 6.45) is 0. The summed E-state index contributed by atoms with van der Waals surface area (Å²) in [6, 6.07) is 64.4. The molecule has 0 bridgehead atoms. The second-order valence-electron chi connectivity index (χ2n) is 17.0. The Morgan fingerprint density at radius 2 is 1.05 bits per heavy atom. The van der Waals surface area contributed by atoms with Crippen molar-refractivity contribution >= 4 is 34.1 Å². The van der Waals surface area contributed by atoms with Crippen molar-refractivity contribution in [1.82, 2.24) is 0 Å². The Morgan fingerprint density at radius 1 is 0.431 bits per heavy atom. The number of benzene rings is 8. The third kappa shape index (κ3) is 4.99. The molecule has 3 aliphatic rings. The van der Waals surface area contributed by atoms with Gasteiger partial charge in [0.25, 0.3) is 0 Å². The van der Waals surface area contributed by atoms with Gasteiger partial charge >= 0.3 is 0 Å². The van der Waals surface area contributed by atoms with Crippen LogP contribution in [0.25, 0.3) is 33.4 Å². The van der Waals surface area contributed by atoms with Crippen LogP contribution in [0.2, 0.25) is 0 Å². The zero-order valence-corrected chi connectivity index (χ0v) is 33.5. The fraction of sp³-hybridized carbons (Fsp3) is 0.127. The Bertz CT molecular complexity index is 2940. The van der Waals surface area contributed by atoms with Gasteiger partial charge in [-0.05, 0) is 117 Å². The molecule has 280 valence electrons. The molecule has 8 aromatic carbocycles. The summed E-state index contributed by atoms with van der Waals surface area (Å²) >= 11 is 0. The van der Waals surface area contributed by atoms with Crippen LogP contribution in [0.3, 0.4) is 0 Å². The highest BCUT2D eigenvalue weighted by molar-refractivity contribution is 5.95. The number of para-hydroxylation sites is 3. The Balaban J connectivity index is 1.04. The maximum Gasteiger partial charge on any atom is 0.151 e. The molecule has 2 aliphatic heterocycles. The molecule has 0 saturated heterocycles. The first kappa shape index (κ1) is 34.4. The molecule has 0 radical (unpaired) electrons. The molecule has 2 heterocycles. The van der Waals surface area contributed by atoms with Gasteiger partial charge in [0.2, 0.25) is 0 Å². The second kappa shape index (κ2) is 12.6. The first-order chi connectivity index (χ1) is 28.2. The summed E-state index contributed by atoms with van der Waals surface area (Å²) in [6.45, 7) is 11.6. The second-order valence-corrected chi connectivity index (χ2v) is 17.0. The maximum atomic E-state index is 6.53. The molecule has 0 atom stereocenters. The van der Waals surface area contributed by atoms with Gasteiger partial charge in [-0.15, -0.1) is 0 Å². The van der Waals surface area contributed by atoms with Crippen molar-refractivity contribution < 1.29 is 4.74 Å². The van der Waals surface area contributed by atoms with Crippen LogP contribution in [0.15, 0.2) is 176 Å². The van der Waals surface area contributed by atoms with Gasteiger partial charge in [-0.3, -0.25) is 0 Å². The van der Waals surface area contributed by atoms with Crippen LogP contribution in [0.1, 0.15) is 55.5 Å². The van der Waals surface area contributed by atoms with Crippen LogP contribution in [-0.2, 0) is 10.8 Å². The van der Waals surface area contributed by atoms with Crippen LogP contribution < -0.4 is 14.5 Å². The number of ether oxygens (including phenoxy) is 1. The summed E-state index contributed by atoms with van der Waals surface area (Å²) in [5, 5.41) is 0. The predicted octanol–water partition coefficient (Wildman–Crippen LogP) is 15.3. The van der Waals surface area contributed by atoms with E-state index in [0.717, 1.165) is 39.9 Å². The fourth-order valence-electron chi connectivity index (χ4n) is 9.96. The number of hydrogen-bond donors (Lipinski definition) is 0. The van der Waals surface area contributed by atoms with Crippen molar-refractivity contribution in [3.05, 3.63) is 204 Å². The van der Waals surface area contributed by atoms with E-state index >= 15 is 0 Å². The van der Waals surface area contributed by atoms with E-state index in [1.165, 1.54) is 66.9 Å². The third-order valence-electron chi connectivity index (χ3n) is 13.0. The van der Waals surface area contributed by atoms with E-state index in [1.54, 1.807) is 0 Å². The van der Waals surface area contributed by atoms with Crippen LogP contribution >= 0.6 is 0 Å². The SMILES string of the molecule is Cc1cccc2c1N1c3ccc(-c4ccc(N(c5ccc6c(c5)C(C)(C)c5ccccc5-6)c5ccccc5-c5ccccc5)cc4)cc3C(C)(C)c3cccc(c31)O2. The molecule has 3 heteroatoms. The van der Waals surface area contributed by atoms with Crippen molar-refractivity contribution in [3.63, 3.8) is 0 Å². The van der Waals surface area contributed by atoms with Gasteiger partial charge < -0.3 is 14.5 Å². The lowest BCUT2D eigenvalue weighted by molar-refractivity contribution is 0.471. The number of rotatable bonds is 5. The van der Waals surface area contributed by atoms with Gasteiger partial charge in [-0.25, -0.2) is 0 Å². The summed E-state index contributed by atoms with van der Waals surface area (Å²) in [5.74, 6) is 1.80. The summed E-state index contributed by atoms with van der Waals surface area (Å²) in [5.41, 5.74) is 20.4. The van der Waals surface area contributed by atoms with Crippen LogP contribution in [-0.4, -0.2) is 0 Å². The highest BCUT2D eigenvalue weighted by Gasteiger charge is 2.42. The Morgan fingerprint density at radius 3 is 1.86 bits per heavy atom. The summed E-state index contributed by atoms with van der Waals surface area (Å²) < 4.78 is 6.53. The quantitative estimate of drug-likeness (QED) is 0.174. The molecule has 1 aliphatic carbocycles. The minimum Gasteiger partial charge on any atom is -0.453 e. The van der Waals surface area contributed by atoms with Gasteiger partial charge in [0.15, 0.2) is 11.5 Å². The van der Waals surface area contributed by atoms with Crippen LogP contribution in [0, 0.1) is 6.92 Å². The summed E-state index contributed by atoms with van der Waals surface area (Å²) in [7, 11) is 0. The first-order valence-corrected chi connectivity index (χ1v) is 20.4. The fourth-order valence-corrected chi connectivity index (χ4v) is 9.96. The third-order valence-corrected chi connectivity index (χ3v) is 13.0. The van der Waals surface area contributed by atoms with E-state index in [4.69, 9.17) is 4.74 Å². The van der Waals surface area contributed by atoms with Crippen molar-refractivity contribution in [2.45, 2.75) is 45.4 Å². The topological polar surface area (TPSA) is 15.7 Å². The molecule has 0 spiro atoms. The molecule has 0 aromatic heterocycles. The van der Waals surface area contributed by atoms with E-state index in [-0.39, 0.29) is 10.8 Å². The lowest BCUT2D eigenvalue weighted by Crippen LogP contribution is -2.32. The van der Waals surface area contributed by atoms with Gasteiger partial charge in [-0.1, -0.05) is 149 Å². The number of nitrogens with zero attached hydrogens (tertiary/aromatic N) is 2. The molecule has 0 saturated carbocycles. The lowest BCUT2D eigenvalue weighted by Gasteiger charge is -2.45. The van der Waals surface area contributed by atoms with E-state index in [9.17, 15) is 0 Å². The normalized spacial score (nSPS) is 14.7. The Labute approximate surface area is 341 Å². The molecular formula is C55H44N2O. The number of hydrogen-bond acceptors (Lipinski definition) is 3. The molecule has 8 aromatic rings. The van der Waals surface area contributed by atoms with Crippen molar-refractivity contribution in [2.75, 3.05) is 9.80 Å². The monoisotopic (exact) mass is 748 g/mol. The van der Waals surface area contributed by atoms with Crippen molar-refractivity contribution in [2.24, 2.45) is 0 Å². The highest BCUT2D eigenvalue weighted by atomic mass is 16.5. The minimum absolute atomic E-state index is 0.110. The minimum atomic E-state index is -0.240. The molecule has 0 N–H and O–H groups in total. The first-order valence-electron chi connectivity index (χ1n) is 20.4. The predicted molar refractivity (Wildman–Crippen MR) is 241 cm³/mol. The van der Waals surface area contributed by atoms with Crippen molar-refractivity contribution in [1.29, 1.82) is 0 Å². The Hall–Kier alpha value is -6.84. The smallest absolute Gasteiger partial charge is 0.151 e. The molecule has 0 amide bonds. The molecular weight excluding hydrogens is 705 g/mol. The lowest BCUT2D eigenvalue weighted by atomic mass is 9.72. The molecule has 11 rings (SSSR count). The average molecular weight is 749 g/mol. The van der Waals surface area contributed by atoms with Gasteiger partial charge in [-0.2, -0.15) is 0 Å². The van der Waals surface area contributed by atoms with E-state index in [0.29, 0.717) is 0 Å². The average Bonchev–Trinajstić information content (AvgIpc) is 3.48. The molecule has 58 heavy (non-hydrogen) atoms. The molecule has 0 fully saturated rings. The standard InChI is InChI=1S/C55H44N2O/c1-35-15-13-23-50-52(35)57-49-32-27-38(33-47(49)55(4,5)45-21-14-24-51(58-50)53(45)57)36-25-28-39(29-26-36)56(48-22-12-10-18-41(48)37-16-7-6-8-17-37)40-30-31-43-42-19-9-11-20-44(42)54(2,3)46(43)34-40/h6-34H,1-5H3. The number of fused-ring (bicyclic) bond motifs is 7. The highest BCUT2D eigenvalue weighted by Crippen LogP contribution is 2.61. The largest absolute Gasteiger partial charge is 0.453 e. The van der Waals surface area contributed by atoms with E-state index in [1.807, 2.05) is 0 Å². The van der Waals surface area contributed by atoms with Crippen LogP contribution in [0.4, 0.5) is 34.1 Å². The zero-order chi connectivity index (χ0) is 39.3. The zero-order valence-electron chi connectivity index (χ0n) is 33.5. The van der Waals surface area contributed by atoms with Crippen LogP contribution in [0.5, 0.6) is 11.5 Å².